The molecule has 0 radical (unpaired) electrons. The fraction of sp³-hybridized carbons (Fsp3) is 0.579. The summed E-state index contributed by atoms with van der Waals surface area (Å²) in [4.78, 5) is 22.6. The second-order valence-electron chi connectivity index (χ2n) is 7.82. The third-order valence-electron chi connectivity index (χ3n) is 6.21. The molecule has 2 saturated heterocycles. The van der Waals surface area contributed by atoms with Gasteiger partial charge in [-0.15, -0.1) is 0 Å². The maximum Gasteiger partial charge on any atom is 0.225 e. The number of amides is 1. The van der Waals surface area contributed by atoms with Gasteiger partial charge in [0.25, 0.3) is 0 Å². The van der Waals surface area contributed by atoms with Crippen LogP contribution in [0.3, 0.4) is 0 Å². The number of aromatic amines is 1. The Morgan fingerprint density at radius 1 is 1.32 bits per heavy atom. The summed E-state index contributed by atoms with van der Waals surface area (Å²) in [6.45, 7) is 3.11. The van der Waals surface area contributed by atoms with Crippen molar-refractivity contribution in [3.63, 3.8) is 0 Å². The first kappa shape index (κ1) is 15.3. The number of fused-ring (bicyclic) bond motifs is 1. The summed E-state index contributed by atoms with van der Waals surface area (Å²) in [5, 5.41) is 4.56. The summed E-state index contributed by atoms with van der Waals surface area (Å²) in [5.41, 5.74) is 2.31. The van der Waals surface area contributed by atoms with E-state index >= 15 is 0 Å². The van der Waals surface area contributed by atoms with Gasteiger partial charge < -0.3 is 14.6 Å². The largest absolute Gasteiger partial charge is 0.364 e. The molecule has 2 aromatic heterocycles. The SMILES string of the molecule is O=C(C1CC2(COCN2)C1)N1CCC(c2cc3cccnc3[nH]2)CC1. The molecule has 2 aliphatic heterocycles. The van der Waals surface area contributed by atoms with Crippen LogP contribution >= 0.6 is 0 Å². The topological polar surface area (TPSA) is 70.2 Å². The second kappa shape index (κ2) is 5.81. The van der Waals surface area contributed by atoms with Crippen LogP contribution in [0.15, 0.2) is 24.4 Å². The average molecular weight is 340 g/mol. The summed E-state index contributed by atoms with van der Waals surface area (Å²) < 4.78 is 5.42. The van der Waals surface area contributed by atoms with Crippen molar-refractivity contribution >= 4 is 16.9 Å². The number of aromatic nitrogens is 2. The summed E-state index contributed by atoms with van der Waals surface area (Å²) >= 11 is 0. The molecule has 5 rings (SSSR count). The lowest BCUT2D eigenvalue weighted by Crippen LogP contribution is -2.58. The molecule has 0 unspecified atom stereocenters. The summed E-state index contributed by atoms with van der Waals surface area (Å²) in [6.07, 6.45) is 5.73. The van der Waals surface area contributed by atoms with Gasteiger partial charge in [0.15, 0.2) is 0 Å². The lowest BCUT2D eigenvalue weighted by molar-refractivity contribution is -0.142. The molecular weight excluding hydrogens is 316 g/mol. The van der Waals surface area contributed by atoms with Crippen LogP contribution in [0.4, 0.5) is 0 Å². The minimum Gasteiger partial charge on any atom is -0.364 e. The van der Waals surface area contributed by atoms with Crippen LogP contribution in [-0.2, 0) is 9.53 Å². The number of piperidine rings is 1. The number of carbonyl (C=O) groups is 1. The molecule has 0 atom stereocenters. The molecule has 1 amide bonds. The minimum atomic E-state index is 0.0933. The Morgan fingerprint density at radius 2 is 2.16 bits per heavy atom. The molecule has 25 heavy (non-hydrogen) atoms. The number of carbonyl (C=O) groups excluding carboxylic acids is 1. The maximum atomic E-state index is 12.7. The highest BCUT2D eigenvalue weighted by molar-refractivity contribution is 5.80. The van der Waals surface area contributed by atoms with E-state index in [1.165, 1.54) is 11.1 Å². The van der Waals surface area contributed by atoms with Crippen molar-refractivity contribution in [2.45, 2.75) is 37.1 Å². The Kier molecular flexibility index (Phi) is 3.57. The van der Waals surface area contributed by atoms with Gasteiger partial charge in [-0.1, -0.05) is 0 Å². The minimum absolute atomic E-state index is 0.0933. The van der Waals surface area contributed by atoms with E-state index in [-0.39, 0.29) is 11.5 Å². The second-order valence-corrected chi connectivity index (χ2v) is 7.82. The van der Waals surface area contributed by atoms with Crippen LogP contribution in [0.2, 0.25) is 0 Å². The lowest BCUT2D eigenvalue weighted by atomic mass is 9.68. The van der Waals surface area contributed by atoms with Crippen molar-refractivity contribution in [2.24, 2.45) is 5.92 Å². The molecule has 1 spiro atoms. The first-order valence-electron chi connectivity index (χ1n) is 9.28. The molecule has 0 bridgehead atoms. The Morgan fingerprint density at radius 3 is 2.88 bits per heavy atom. The average Bonchev–Trinajstić information content (AvgIpc) is 3.27. The Labute approximate surface area is 146 Å². The van der Waals surface area contributed by atoms with Crippen molar-refractivity contribution in [2.75, 3.05) is 26.4 Å². The number of rotatable bonds is 2. The lowest BCUT2D eigenvalue weighted by Gasteiger charge is -2.45. The molecular formula is C19H24N4O2. The first-order chi connectivity index (χ1) is 12.2. The van der Waals surface area contributed by atoms with E-state index in [1.807, 2.05) is 12.3 Å². The van der Waals surface area contributed by atoms with E-state index < -0.39 is 0 Å². The van der Waals surface area contributed by atoms with Gasteiger partial charge in [-0.2, -0.15) is 0 Å². The molecule has 6 nitrogen and oxygen atoms in total. The maximum absolute atomic E-state index is 12.7. The zero-order valence-corrected chi connectivity index (χ0v) is 14.3. The molecule has 4 heterocycles. The summed E-state index contributed by atoms with van der Waals surface area (Å²) in [7, 11) is 0. The van der Waals surface area contributed by atoms with Gasteiger partial charge in [-0.05, 0) is 43.9 Å². The van der Waals surface area contributed by atoms with Gasteiger partial charge in [0.1, 0.15) is 5.65 Å². The van der Waals surface area contributed by atoms with Crippen LogP contribution in [0.5, 0.6) is 0 Å². The highest BCUT2D eigenvalue weighted by Crippen LogP contribution is 2.41. The van der Waals surface area contributed by atoms with E-state index in [4.69, 9.17) is 4.74 Å². The Bertz CT molecular complexity index is 747. The number of ether oxygens (including phenoxy) is 1. The highest BCUT2D eigenvalue weighted by atomic mass is 16.5. The molecule has 3 fully saturated rings. The standard InChI is InChI=1S/C19H24N4O2/c24-18(15-9-19(10-15)11-25-12-21-19)23-6-3-13(4-7-23)16-8-14-2-1-5-20-17(14)22-16/h1-2,5,8,13,15,21H,3-4,6-7,9-12H2,(H,20,22). The first-order valence-corrected chi connectivity index (χ1v) is 9.28. The predicted octanol–water partition coefficient (Wildman–Crippen LogP) is 1.99. The molecule has 2 aromatic rings. The van der Waals surface area contributed by atoms with Gasteiger partial charge in [-0.25, -0.2) is 4.98 Å². The normalized spacial score (nSPS) is 30.1. The van der Waals surface area contributed by atoms with Crippen molar-refractivity contribution in [3.05, 3.63) is 30.1 Å². The smallest absolute Gasteiger partial charge is 0.225 e. The van der Waals surface area contributed by atoms with E-state index in [2.05, 4.69) is 32.3 Å². The molecule has 0 aromatic carbocycles. The molecule has 2 N–H and O–H groups in total. The quantitative estimate of drug-likeness (QED) is 0.877. The zero-order chi connectivity index (χ0) is 16.9. The van der Waals surface area contributed by atoms with E-state index in [9.17, 15) is 4.79 Å². The fourth-order valence-electron chi connectivity index (χ4n) is 4.69. The van der Waals surface area contributed by atoms with E-state index in [0.717, 1.165) is 51.0 Å². The molecule has 1 aliphatic carbocycles. The highest BCUT2D eigenvalue weighted by Gasteiger charge is 2.50. The number of pyridine rings is 1. The van der Waals surface area contributed by atoms with Crippen molar-refractivity contribution < 1.29 is 9.53 Å². The Balaban J connectivity index is 1.19. The van der Waals surface area contributed by atoms with E-state index in [0.29, 0.717) is 18.6 Å². The fourth-order valence-corrected chi connectivity index (χ4v) is 4.69. The van der Waals surface area contributed by atoms with Gasteiger partial charge in [0.05, 0.1) is 13.3 Å². The van der Waals surface area contributed by atoms with Crippen molar-refractivity contribution in [1.82, 2.24) is 20.2 Å². The van der Waals surface area contributed by atoms with Crippen LogP contribution in [0, 0.1) is 5.92 Å². The van der Waals surface area contributed by atoms with Crippen molar-refractivity contribution in [3.8, 4) is 0 Å². The van der Waals surface area contributed by atoms with Crippen molar-refractivity contribution in [1.29, 1.82) is 0 Å². The van der Waals surface area contributed by atoms with Crippen LogP contribution < -0.4 is 5.32 Å². The van der Waals surface area contributed by atoms with Gasteiger partial charge >= 0.3 is 0 Å². The zero-order valence-electron chi connectivity index (χ0n) is 14.3. The van der Waals surface area contributed by atoms with E-state index in [1.54, 1.807) is 0 Å². The van der Waals surface area contributed by atoms with Gasteiger partial charge in [0, 0.05) is 47.7 Å². The number of hydrogen-bond acceptors (Lipinski definition) is 4. The van der Waals surface area contributed by atoms with Gasteiger partial charge in [-0.3, -0.25) is 10.1 Å². The predicted molar refractivity (Wildman–Crippen MR) is 94.1 cm³/mol. The van der Waals surface area contributed by atoms with Crippen LogP contribution in [-0.4, -0.2) is 52.7 Å². The summed E-state index contributed by atoms with van der Waals surface area (Å²) in [6, 6.07) is 6.27. The molecule has 6 heteroatoms. The van der Waals surface area contributed by atoms with Crippen LogP contribution in [0.1, 0.15) is 37.3 Å². The third-order valence-corrected chi connectivity index (χ3v) is 6.21. The molecule has 3 aliphatic rings. The van der Waals surface area contributed by atoms with Gasteiger partial charge in [0.2, 0.25) is 5.91 Å². The molecule has 1 saturated carbocycles. The van der Waals surface area contributed by atoms with Crippen LogP contribution in [0.25, 0.3) is 11.0 Å². The number of H-pyrrole nitrogens is 1. The number of likely N-dealkylation sites (tertiary alicyclic amines) is 1. The molecule has 132 valence electrons. The third kappa shape index (κ3) is 2.64. The number of nitrogens with zero attached hydrogens (tertiary/aromatic N) is 2. The monoisotopic (exact) mass is 340 g/mol. The summed E-state index contributed by atoms with van der Waals surface area (Å²) in [5.74, 6) is 1.02. The Hall–Kier alpha value is -1.92. The number of hydrogen-bond donors (Lipinski definition) is 2. The number of nitrogens with one attached hydrogen (secondary N) is 2.